The fourth-order valence-electron chi connectivity index (χ4n) is 1.22. The smallest absolute Gasteiger partial charge is 0.357 e. The lowest BCUT2D eigenvalue weighted by atomic mass is 9.88. The minimum Gasteiger partial charge on any atom is -0.357 e. The lowest BCUT2D eigenvalue weighted by Crippen LogP contribution is -2.24. The summed E-state index contributed by atoms with van der Waals surface area (Å²) in [5, 5.41) is 0. The molecule has 1 aromatic rings. The summed E-state index contributed by atoms with van der Waals surface area (Å²) >= 11 is 0. The molecule has 0 saturated carbocycles. The molecule has 1 N–H and O–H groups in total. The second kappa shape index (κ2) is 3.40. The number of hydrogen-bond acceptors (Lipinski definition) is 1. The van der Waals surface area contributed by atoms with E-state index in [1.165, 1.54) is 0 Å². The summed E-state index contributed by atoms with van der Waals surface area (Å²) in [6, 6.07) is 0.598. The standard InChI is InChI=1S/C10H12F3NO/c1-9(2,3)6-5-14-8(4-7(6)15)10(11,12)13/h4-5H,1-3H3,(H,14,15). The Kier molecular flexibility index (Phi) is 2.67. The van der Waals surface area contributed by atoms with Gasteiger partial charge in [0, 0.05) is 17.8 Å². The van der Waals surface area contributed by atoms with Crippen LogP contribution in [0.3, 0.4) is 0 Å². The second-order valence-electron chi connectivity index (χ2n) is 4.37. The topological polar surface area (TPSA) is 32.9 Å². The van der Waals surface area contributed by atoms with Crippen molar-refractivity contribution in [2.45, 2.75) is 32.4 Å². The largest absolute Gasteiger partial charge is 0.431 e. The number of alkyl halides is 3. The molecule has 0 radical (unpaired) electrons. The molecule has 1 heterocycles. The molecule has 1 rings (SSSR count). The van der Waals surface area contributed by atoms with Crippen LogP contribution in [0.25, 0.3) is 0 Å². The van der Waals surface area contributed by atoms with Gasteiger partial charge in [-0.2, -0.15) is 13.2 Å². The summed E-state index contributed by atoms with van der Waals surface area (Å²) in [6.07, 6.45) is -3.37. The summed E-state index contributed by atoms with van der Waals surface area (Å²) in [5.74, 6) is 0. The normalized spacial score (nSPS) is 12.9. The number of nitrogens with one attached hydrogen (secondary N) is 1. The van der Waals surface area contributed by atoms with Crippen LogP contribution in [0.1, 0.15) is 32.0 Å². The molecule has 0 fully saturated rings. The highest BCUT2D eigenvalue weighted by Crippen LogP contribution is 2.27. The van der Waals surface area contributed by atoms with Crippen LogP contribution in [0.15, 0.2) is 17.1 Å². The van der Waals surface area contributed by atoms with Crippen LogP contribution in [-0.2, 0) is 11.6 Å². The Balaban J connectivity index is 3.28. The summed E-state index contributed by atoms with van der Waals surface area (Å²) in [6.45, 7) is 5.31. The lowest BCUT2D eigenvalue weighted by Gasteiger charge is -2.18. The molecule has 0 bridgehead atoms. The summed E-state index contributed by atoms with van der Waals surface area (Å²) in [7, 11) is 0. The molecular weight excluding hydrogens is 207 g/mol. The van der Waals surface area contributed by atoms with E-state index in [0.717, 1.165) is 6.20 Å². The van der Waals surface area contributed by atoms with E-state index in [4.69, 9.17) is 0 Å². The number of aromatic amines is 1. The number of H-pyrrole nitrogens is 1. The van der Waals surface area contributed by atoms with Crippen molar-refractivity contribution in [3.8, 4) is 0 Å². The first-order valence-corrected chi connectivity index (χ1v) is 4.43. The molecule has 84 valence electrons. The highest BCUT2D eigenvalue weighted by molar-refractivity contribution is 5.22. The molecule has 1 aromatic heterocycles. The molecule has 15 heavy (non-hydrogen) atoms. The van der Waals surface area contributed by atoms with E-state index in [1.807, 2.05) is 0 Å². The van der Waals surface area contributed by atoms with Crippen LogP contribution >= 0.6 is 0 Å². The van der Waals surface area contributed by atoms with Crippen LogP contribution in [0, 0.1) is 0 Å². The third-order valence-electron chi connectivity index (χ3n) is 2.03. The van der Waals surface area contributed by atoms with Crippen LogP contribution < -0.4 is 5.43 Å². The van der Waals surface area contributed by atoms with Crippen LogP contribution in [-0.4, -0.2) is 4.98 Å². The third kappa shape index (κ3) is 2.61. The van der Waals surface area contributed by atoms with Gasteiger partial charge in [0.25, 0.3) is 0 Å². The first-order chi connectivity index (χ1) is 6.62. The van der Waals surface area contributed by atoms with Gasteiger partial charge in [-0.15, -0.1) is 0 Å². The third-order valence-corrected chi connectivity index (χ3v) is 2.03. The van der Waals surface area contributed by atoms with E-state index in [0.29, 0.717) is 11.6 Å². The van der Waals surface area contributed by atoms with Gasteiger partial charge in [-0.25, -0.2) is 0 Å². The predicted molar refractivity (Wildman–Crippen MR) is 50.8 cm³/mol. The highest BCUT2D eigenvalue weighted by Gasteiger charge is 2.32. The van der Waals surface area contributed by atoms with Crippen molar-refractivity contribution >= 4 is 0 Å². The minimum atomic E-state index is -4.50. The molecular formula is C10H12F3NO. The maximum Gasteiger partial charge on any atom is 0.431 e. The van der Waals surface area contributed by atoms with Gasteiger partial charge in [-0.05, 0) is 5.41 Å². The van der Waals surface area contributed by atoms with E-state index in [9.17, 15) is 18.0 Å². The van der Waals surface area contributed by atoms with Crippen molar-refractivity contribution < 1.29 is 13.2 Å². The monoisotopic (exact) mass is 219 g/mol. The first kappa shape index (κ1) is 11.8. The van der Waals surface area contributed by atoms with E-state index in [-0.39, 0.29) is 0 Å². The van der Waals surface area contributed by atoms with Gasteiger partial charge in [0.05, 0.1) is 0 Å². The molecule has 2 nitrogen and oxygen atoms in total. The highest BCUT2D eigenvalue weighted by atomic mass is 19.4. The number of hydrogen-bond donors (Lipinski definition) is 1. The number of rotatable bonds is 0. The Labute approximate surface area is 85.1 Å². The maximum absolute atomic E-state index is 12.2. The van der Waals surface area contributed by atoms with Gasteiger partial charge < -0.3 is 4.98 Å². The van der Waals surface area contributed by atoms with Gasteiger partial charge in [0.2, 0.25) is 0 Å². The quantitative estimate of drug-likeness (QED) is 0.715. The van der Waals surface area contributed by atoms with Crippen molar-refractivity contribution in [3.05, 3.63) is 33.7 Å². The summed E-state index contributed by atoms with van der Waals surface area (Å²) < 4.78 is 36.7. The molecule has 0 amide bonds. The molecule has 5 heteroatoms. The van der Waals surface area contributed by atoms with E-state index in [1.54, 1.807) is 20.8 Å². The van der Waals surface area contributed by atoms with Crippen LogP contribution in [0.4, 0.5) is 13.2 Å². The molecule has 0 unspecified atom stereocenters. The van der Waals surface area contributed by atoms with E-state index >= 15 is 0 Å². The second-order valence-corrected chi connectivity index (χ2v) is 4.37. The zero-order valence-corrected chi connectivity index (χ0v) is 8.70. The minimum absolute atomic E-state index is 0.343. The maximum atomic E-state index is 12.2. The Hall–Kier alpha value is -1.26. The lowest BCUT2D eigenvalue weighted by molar-refractivity contribution is -0.141. The summed E-state index contributed by atoms with van der Waals surface area (Å²) in [5.41, 5.74) is -1.72. The first-order valence-electron chi connectivity index (χ1n) is 4.43. The van der Waals surface area contributed by atoms with Crippen LogP contribution in [0.2, 0.25) is 0 Å². The Bertz CT molecular complexity index is 412. The Morgan fingerprint density at radius 3 is 2.07 bits per heavy atom. The van der Waals surface area contributed by atoms with Gasteiger partial charge in [0.15, 0.2) is 5.43 Å². The van der Waals surface area contributed by atoms with Crippen LogP contribution in [0.5, 0.6) is 0 Å². The van der Waals surface area contributed by atoms with E-state index in [2.05, 4.69) is 4.98 Å². The average Bonchev–Trinajstić information content (AvgIpc) is 1.99. The van der Waals surface area contributed by atoms with Crippen molar-refractivity contribution in [1.82, 2.24) is 4.98 Å². The van der Waals surface area contributed by atoms with Crippen molar-refractivity contribution in [2.24, 2.45) is 0 Å². The fourth-order valence-corrected chi connectivity index (χ4v) is 1.22. The number of halogens is 3. The van der Waals surface area contributed by atoms with Crippen molar-refractivity contribution in [1.29, 1.82) is 0 Å². The zero-order chi connectivity index (χ0) is 11.9. The fraction of sp³-hybridized carbons (Fsp3) is 0.500. The molecule has 0 aliphatic rings. The van der Waals surface area contributed by atoms with Gasteiger partial charge >= 0.3 is 6.18 Å². The average molecular weight is 219 g/mol. The predicted octanol–water partition coefficient (Wildman–Crippen LogP) is 2.69. The van der Waals surface area contributed by atoms with Crippen molar-refractivity contribution in [2.75, 3.05) is 0 Å². The molecule has 0 aromatic carbocycles. The van der Waals surface area contributed by atoms with Gasteiger partial charge in [-0.1, -0.05) is 20.8 Å². The SMILES string of the molecule is CC(C)(C)c1c[nH]c(C(F)(F)F)cc1=O. The summed E-state index contributed by atoms with van der Waals surface area (Å²) in [4.78, 5) is 13.5. The molecule has 0 aliphatic carbocycles. The molecule has 0 atom stereocenters. The molecule has 0 spiro atoms. The van der Waals surface area contributed by atoms with E-state index < -0.39 is 22.7 Å². The number of aromatic nitrogens is 1. The Morgan fingerprint density at radius 1 is 1.20 bits per heavy atom. The molecule has 0 saturated heterocycles. The van der Waals surface area contributed by atoms with Gasteiger partial charge in [0.1, 0.15) is 5.69 Å². The Morgan fingerprint density at radius 2 is 1.73 bits per heavy atom. The molecule has 0 aliphatic heterocycles. The zero-order valence-electron chi connectivity index (χ0n) is 8.70. The van der Waals surface area contributed by atoms with Gasteiger partial charge in [-0.3, -0.25) is 4.79 Å². The number of pyridine rings is 1. The van der Waals surface area contributed by atoms with Crippen molar-refractivity contribution in [3.63, 3.8) is 0 Å².